The van der Waals surface area contributed by atoms with Crippen LogP contribution in [0.2, 0.25) is 5.15 Å². The van der Waals surface area contributed by atoms with E-state index >= 15 is 0 Å². The van der Waals surface area contributed by atoms with E-state index in [-0.39, 0.29) is 10.7 Å². The first-order valence-electron chi connectivity index (χ1n) is 3.04. The fourth-order valence-electron chi connectivity index (χ4n) is 0.739. The van der Waals surface area contributed by atoms with Crippen LogP contribution in [-0.4, -0.2) is 11.3 Å². The highest BCUT2D eigenvalue weighted by molar-refractivity contribution is 6.29. The number of carbonyl (C=O) groups is 1. The van der Waals surface area contributed by atoms with Crippen molar-refractivity contribution in [1.29, 1.82) is 0 Å². The molecule has 0 atom stereocenters. The van der Waals surface area contributed by atoms with Gasteiger partial charge in [-0.2, -0.15) is 0 Å². The summed E-state index contributed by atoms with van der Waals surface area (Å²) in [6.07, 6.45) is -1.47. The molecular weight excluding hydrogens is 188 g/mol. The average molecular weight is 192 g/mol. The Balaban J connectivity index is 3.20. The number of rotatable bonds is 2. The summed E-state index contributed by atoms with van der Waals surface area (Å²) >= 11 is 5.39. The van der Waals surface area contributed by atoms with Crippen molar-refractivity contribution in [3.05, 3.63) is 28.5 Å². The highest BCUT2D eigenvalue weighted by Crippen LogP contribution is 2.22. The zero-order valence-electron chi connectivity index (χ0n) is 5.80. The molecule has 0 N–H and O–H groups in total. The molecule has 5 heteroatoms. The molecule has 0 aromatic carbocycles. The third-order valence-corrected chi connectivity index (χ3v) is 1.50. The Kier molecular flexibility index (Phi) is 2.70. The average Bonchev–Trinajstić information content (AvgIpc) is 2.03. The van der Waals surface area contributed by atoms with Crippen molar-refractivity contribution in [2.75, 3.05) is 0 Å². The van der Waals surface area contributed by atoms with Gasteiger partial charge < -0.3 is 0 Å². The lowest BCUT2D eigenvalue weighted by atomic mass is 10.2. The lowest BCUT2D eigenvalue weighted by Crippen LogP contribution is -1.94. The van der Waals surface area contributed by atoms with E-state index < -0.39 is 12.0 Å². The summed E-state index contributed by atoms with van der Waals surface area (Å²) in [6.45, 7) is 0. The van der Waals surface area contributed by atoms with Crippen molar-refractivity contribution in [3.8, 4) is 0 Å². The van der Waals surface area contributed by atoms with E-state index in [4.69, 9.17) is 11.6 Å². The maximum absolute atomic E-state index is 12.1. The Morgan fingerprint density at radius 1 is 1.58 bits per heavy atom. The quantitative estimate of drug-likeness (QED) is 0.531. The third-order valence-electron chi connectivity index (χ3n) is 1.30. The fourth-order valence-corrected chi connectivity index (χ4v) is 0.905. The number of pyridine rings is 1. The zero-order chi connectivity index (χ0) is 9.14. The van der Waals surface area contributed by atoms with Crippen LogP contribution in [0.5, 0.6) is 0 Å². The summed E-state index contributed by atoms with van der Waals surface area (Å²) in [6, 6.07) is 1.11. The van der Waals surface area contributed by atoms with Crippen molar-refractivity contribution in [2.24, 2.45) is 0 Å². The second-order valence-electron chi connectivity index (χ2n) is 2.05. The predicted molar refractivity (Wildman–Crippen MR) is 39.6 cm³/mol. The number of halogens is 3. The summed E-state index contributed by atoms with van der Waals surface area (Å²) in [7, 11) is 0. The Labute approximate surface area is 72.2 Å². The number of alkyl halides is 2. The summed E-state index contributed by atoms with van der Waals surface area (Å²) in [4.78, 5) is 13.7. The van der Waals surface area contributed by atoms with Gasteiger partial charge in [-0.15, -0.1) is 0 Å². The lowest BCUT2D eigenvalue weighted by Gasteiger charge is -2.01. The van der Waals surface area contributed by atoms with E-state index in [9.17, 15) is 13.6 Å². The van der Waals surface area contributed by atoms with E-state index in [1.807, 2.05) is 0 Å². The molecule has 0 saturated carbocycles. The maximum atomic E-state index is 12.1. The molecule has 0 amide bonds. The first kappa shape index (κ1) is 9.06. The van der Waals surface area contributed by atoms with Crippen molar-refractivity contribution in [3.63, 3.8) is 0 Å². The first-order chi connectivity index (χ1) is 5.65. The topological polar surface area (TPSA) is 30.0 Å². The smallest absolute Gasteiger partial charge is 0.266 e. The minimum Gasteiger partial charge on any atom is -0.298 e. The number of hydrogen-bond donors (Lipinski definition) is 0. The number of carbonyl (C=O) groups excluding carboxylic acids is 1. The molecule has 12 heavy (non-hydrogen) atoms. The van der Waals surface area contributed by atoms with Crippen molar-refractivity contribution < 1.29 is 13.6 Å². The number of aldehydes is 1. The number of nitrogens with zero attached hydrogens (tertiary/aromatic N) is 1. The SMILES string of the molecule is O=Cc1cc(Cl)ncc1C(F)F. The van der Waals surface area contributed by atoms with Gasteiger partial charge in [-0.05, 0) is 6.07 Å². The lowest BCUT2D eigenvalue weighted by molar-refractivity contribution is 0.110. The Morgan fingerprint density at radius 3 is 2.75 bits per heavy atom. The van der Waals surface area contributed by atoms with Gasteiger partial charge in [0.15, 0.2) is 6.29 Å². The fraction of sp³-hybridized carbons (Fsp3) is 0.143. The molecule has 0 aliphatic carbocycles. The van der Waals surface area contributed by atoms with Crippen LogP contribution in [0.3, 0.4) is 0 Å². The standard InChI is InChI=1S/C7H4ClF2NO/c8-6-1-4(3-12)5(2-11-6)7(9)10/h1-3,7H. The highest BCUT2D eigenvalue weighted by atomic mass is 35.5. The van der Waals surface area contributed by atoms with Crippen molar-refractivity contribution in [2.45, 2.75) is 6.43 Å². The largest absolute Gasteiger partial charge is 0.298 e. The number of hydrogen-bond acceptors (Lipinski definition) is 2. The Hall–Kier alpha value is -1.03. The molecule has 2 nitrogen and oxygen atoms in total. The number of aromatic nitrogens is 1. The van der Waals surface area contributed by atoms with E-state index in [2.05, 4.69) is 4.98 Å². The van der Waals surface area contributed by atoms with Crippen LogP contribution in [0, 0.1) is 0 Å². The molecular formula is C7H4ClF2NO. The second kappa shape index (κ2) is 3.58. The summed E-state index contributed by atoms with van der Waals surface area (Å²) in [5.74, 6) is 0. The Bertz CT molecular complexity index is 303. The first-order valence-corrected chi connectivity index (χ1v) is 3.41. The molecule has 1 aromatic heterocycles. The van der Waals surface area contributed by atoms with Crippen LogP contribution >= 0.6 is 11.6 Å². The molecule has 1 heterocycles. The van der Waals surface area contributed by atoms with Gasteiger partial charge in [0.25, 0.3) is 6.43 Å². The predicted octanol–water partition coefficient (Wildman–Crippen LogP) is 2.49. The second-order valence-corrected chi connectivity index (χ2v) is 2.44. The zero-order valence-corrected chi connectivity index (χ0v) is 6.55. The van der Waals surface area contributed by atoms with E-state index in [1.165, 1.54) is 0 Å². The molecule has 0 fully saturated rings. The van der Waals surface area contributed by atoms with Crippen LogP contribution in [0.25, 0.3) is 0 Å². The monoisotopic (exact) mass is 191 g/mol. The molecule has 1 aromatic rings. The van der Waals surface area contributed by atoms with E-state index in [0.717, 1.165) is 12.3 Å². The molecule has 0 saturated heterocycles. The van der Waals surface area contributed by atoms with Gasteiger partial charge in [-0.3, -0.25) is 4.79 Å². The molecule has 0 unspecified atom stereocenters. The summed E-state index contributed by atoms with van der Waals surface area (Å²) in [5, 5.41) is 0.0292. The molecule has 64 valence electrons. The maximum Gasteiger partial charge on any atom is 0.266 e. The van der Waals surface area contributed by atoms with Gasteiger partial charge in [-0.1, -0.05) is 11.6 Å². The van der Waals surface area contributed by atoms with E-state index in [0.29, 0.717) is 6.29 Å². The minimum atomic E-state index is -2.70. The molecule has 0 bridgehead atoms. The van der Waals surface area contributed by atoms with Gasteiger partial charge in [0.2, 0.25) is 0 Å². The van der Waals surface area contributed by atoms with Crippen molar-refractivity contribution >= 4 is 17.9 Å². The Morgan fingerprint density at radius 2 is 2.25 bits per heavy atom. The van der Waals surface area contributed by atoms with Gasteiger partial charge in [0, 0.05) is 17.3 Å². The van der Waals surface area contributed by atoms with Gasteiger partial charge in [0.1, 0.15) is 5.15 Å². The minimum absolute atomic E-state index is 0.0292. The van der Waals surface area contributed by atoms with Gasteiger partial charge in [-0.25, -0.2) is 13.8 Å². The summed E-state index contributed by atoms with van der Waals surface area (Å²) in [5.41, 5.74) is -0.514. The van der Waals surface area contributed by atoms with Crippen LogP contribution < -0.4 is 0 Å². The van der Waals surface area contributed by atoms with Crippen LogP contribution in [0.4, 0.5) is 8.78 Å². The normalized spacial score (nSPS) is 10.3. The van der Waals surface area contributed by atoms with Crippen LogP contribution in [0.1, 0.15) is 22.3 Å². The molecule has 0 radical (unpaired) electrons. The van der Waals surface area contributed by atoms with Gasteiger partial charge >= 0.3 is 0 Å². The highest BCUT2D eigenvalue weighted by Gasteiger charge is 2.12. The van der Waals surface area contributed by atoms with Crippen LogP contribution in [-0.2, 0) is 0 Å². The summed E-state index contributed by atoms with van der Waals surface area (Å²) < 4.78 is 24.2. The van der Waals surface area contributed by atoms with Gasteiger partial charge in [0.05, 0.1) is 0 Å². The third kappa shape index (κ3) is 1.76. The van der Waals surface area contributed by atoms with Crippen LogP contribution in [0.15, 0.2) is 12.3 Å². The van der Waals surface area contributed by atoms with Crippen molar-refractivity contribution in [1.82, 2.24) is 4.98 Å². The molecule has 1 rings (SSSR count). The molecule has 0 spiro atoms. The molecule has 0 aliphatic rings. The van der Waals surface area contributed by atoms with E-state index in [1.54, 1.807) is 0 Å². The molecule has 0 aliphatic heterocycles.